The van der Waals surface area contributed by atoms with Gasteiger partial charge >= 0.3 is 0 Å². The number of ether oxygens (including phenoxy) is 1. The molecule has 5 N–H and O–H groups in total. The van der Waals surface area contributed by atoms with Crippen LogP contribution in [0.2, 0.25) is 0 Å². The molecule has 0 unspecified atom stereocenters. The van der Waals surface area contributed by atoms with E-state index in [4.69, 9.17) is 15.0 Å². The highest BCUT2D eigenvalue weighted by Crippen LogP contribution is 2.35. The maximum atomic E-state index is 14.1. The number of likely N-dealkylation sites (tertiary alicyclic amines) is 2. The molecular weight excluding hydrogens is 893 g/mol. The molecule has 2 amide bonds. The summed E-state index contributed by atoms with van der Waals surface area (Å²) in [7, 11) is 0. The van der Waals surface area contributed by atoms with Gasteiger partial charge in [0.05, 0.1) is 52.1 Å². The number of thiazole rings is 1. The number of rotatable bonds is 22. The van der Waals surface area contributed by atoms with E-state index in [1.165, 1.54) is 43.4 Å². The zero-order valence-electron chi connectivity index (χ0n) is 40.4. The molecule has 17 heteroatoms. The molecule has 0 radical (unpaired) electrons. The predicted octanol–water partition coefficient (Wildman–Crippen LogP) is 9.01. The van der Waals surface area contributed by atoms with E-state index in [1.807, 2.05) is 80.4 Å². The second-order valence-electron chi connectivity index (χ2n) is 19.2. The number of hydrogen-bond acceptors (Lipinski definition) is 14. The summed E-state index contributed by atoms with van der Waals surface area (Å²) in [6.07, 6.45) is 11.9. The number of nitrogens with one attached hydrogen (secondary N) is 1. The van der Waals surface area contributed by atoms with Gasteiger partial charge in [0.2, 0.25) is 11.8 Å². The number of nitrogen functional groups attached to an aromatic ring is 1. The van der Waals surface area contributed by atoms with Crippen LogP contribution >= 0.6 is 11.3 Å². The molecule has 4 aromatic heterocycles. The molecule has 69 heavy (non-hydrogen) atoms. The van der Waals surface area contributed by atoms with Gasteiger partial charge < -0.3 is 40.3 Å². The number of nitrogens with zero attached hydrogens (tertiary/aromatic N) is 8. The molecule has 368 valence electrons. The largest absolute Gasteiger partial charge is 0.507 e. The Kier molecular flexibility index (Phi) is 16.6. The molecule has 4 atom stereocenters. The number of fused-ring (bicyclic) bond motifs is 1. The van der Waals surface area contributed by atoms with Gasteiger partial charge in [-0.3, -0.25) is 14.3 Å². The first-order valence-electron chi connectivity index (χ1n) is 24.9. The summed E-state index contributed by atoms with van der Waals surface area (Å²) in [5.41, 5.74) is 13.8. The Hall–Kier alpha value is -5.91. The molecule has 0 spiro atoms. The number of aromatic nitrogens is 6. The zero-order valence-corrected chi connectivity index (χ0v) is 41.2. The molecule has 16 nitrogen and oxygen atoms in total. The maximum Gasteiger partial charge on any atom is 0.254 e. The quantitative estimate of drug-likeness (QED) is 0.0469. The van der Waals surface area contributed by atoms with E-state index in [1.54, 1.807) is 29.5 Å². The lowest BCUT2D eigenvalue weighted by molar-refractivity contribution is -0.141. The fourth-order valence-electron chi connectivity index (χ4n) is 9.90. The lowest BCUT2D eigenvalue weighted by atomic mass is 9.91. The Labute approximate surface area is 408 Å². The smallest absolute Gasteiger partial charge is 0.254 e. The molecule has 2 aromatic carbocycles. The van der Waals surface area contributed by atoms with E-state index >= 15 is 0 Å². The highest BCUT2D eigenvalue weighted by Gasteiger charge is 2.43. The van der Waals surface area contributed by atoms with Crippen LogP contribution in [0, 0.1) is 12.8 Å². The van der Waals surface area contributed by atoms with Gasteiger partial charge in [-0.2, -0.15) is 5.10 Å². The minimum Gasteiger partial charge on any atom is -0.507 e. The first kappa shape index (κ1) is 49.5. The van der Waals surface area contributed by atoms with Gasteiger partial charge in [0.25, 0.3) is 5.88 Å². The molecule has 2 fully saturated rings. The van der Waals surface area contributed by atoms with Gasteiger partial charge in [0.1, 0.15) is 17.7 Å². The molecule has 2 aliphatic rings. The van der Waals surface area contributed by atoms with Crippen LogP contribution in [-0.4, -0.2) is 107 Å². The predicted molar refractivity (Wildman–Crippen MR) is 268 cm³/mol. The number of piperidine rings is 1. The summed E-state index contributed by atoms with van der Waals surface area (Å²) >= 11 is 1.60. The number of phenols is 1. The summed E-state index contributed by atoms with van der Waals surface area (Å²) < 4.78 is 13.7. The summed E-state index contributed by atoms with van der Waals surface area (Å²) in [6.45, 7) is 11.5. The molecule has 0 bridgehead atoms. The number of phenolic OH excluding ortho intramolecular Hbond substituents is 1. The van der Waals surface area contributed by atoms with Crippen molar-refractivity contribution in [1.29, 1.82) is 0 Å². The number of aliphatic hydroxyl groups is 1. The van der Waals surface area contributed by atoms with Crippen molar-refractivity contribution >= 4 is 40.0 Å². The first-order chi connectivity index (χ1) is 33.4. The number of aliphatic hydroxyl groups excluding tert-OH is 1. The van der Waals surface area contributed by atoms with E-state index < -0.39 is 18.1 Å². The number of para-hydroxylation sites is 1. The van der Waals surface area contributed by atoms with Crippen molar-refractivity contribution in [2.75, 3.05) is 38.5 Å². The van der Waals surface area contributed by atoms with Crippen LogP contribution in [0.4, 0.5) is 5.82 Å². The lowest BCUT2D eigenvalue weighted by Crippen LogP contribution is -2.48. The van der Waals surface area contributed by atoms with Crippen molar-refractivity contribution in [2.45, 2.75) is 135 Å². The Balaban J connectivity index is 0.691. The van der Waals surface area contributed by atoms with Crippen LogP contribution in [0.15, 0.2) is 70.7 Å². The zero-order chi connectivity index (χ0) is 48.4. The van der Waals surface area contributed by atoms with E-state index in [0.29, 0.717) is 40.8 Å². The SMILES string of the molecule is Cc1ncsc1-c1ccc([C@H](C)NC(=O)[C@@H]2C[C@@H](O)CN2C(=O)[C@H](c2cc(OCCCCCCCCCCCN3CCC(n4nc(N)c5nnc(-c6ccccc6O)cc54)CC3)no2)C(C)C)cc1. The summed E-state index contributed by atoms with van der Waals surface area (Å²) in [5, 5.41) is 41.6. The number of nitrogens with two attached hydrogens (primary N) is 1. The number of anilines is 1. The fraction of sp³-hybridized carbons (Fsp3) is 0.519. The maximum absolute atomic E-state index is 14.1. The minimum absolute atomic E-state index is 0.0712. The Bertz CT molecular complexity index is 2620. The third kappa shape index (κ3) is 12.1. The molecule has 2 aliphatic heterocycles. The number of amides is 2. The Morgan fingerprint density at radius 1 is 0.942 bits per heavy atom. The van der Waals surface area contributed by atoms with Crippen LogP contribution in [0.1, 0.15) is 133 Å². The number of carbonyl (C=O) groups is 2. The molecule has 2 saturated heterocycles. The summed E-state index contributed by atoms with van der Waals surface area (Å²) in [5.74, 6) is -0.119. The van der Waals surface area contributed by atoms with Crippen molar-refractivity contribution in [3.05, 3.63) is 83.2 Å². The molecule has 6 heterocycles. The van der Waals surface area contributed by atoms with Gasteiger partial charge in [0, 0.05) is 37.7 Å². The standard InChI is InChI=1S/C52H68N10O6S/c1-33(2)47(52(66)61-31-39(63)28-43(61)51(65)55-34(3)36-18-20-37(21-19-36)49-35(4)54-32-69-49)45-30-46(59-68-45)67-27-15-11-9-7-5-6-8-10-14-24-60-25-22-38(23-26-60)62-42-29-41(40-16-12-13-17-44(40)64)56-57-48(42)50(53)58-62/h12-13,16-21,29-30,32-34,38-39,43,47,63-64H,5-11,14-15,22-28,31H2,1-4H3,(H2,53,58)(H,55,65)/t34-,39+,43-,47-/m0/s1. The highest BCUT2D eigenvalue weighted by molar-refractivity contribution is 7.13. The summed E-state index contributed by atoms with van der Waals surface area (Å²) in [4.78, 5) is 37.3. The van der Waals surface area contributed by atoms with Gasteiger partial charge in [-0.15, -0.1) is 21.5 Å². The number of carbonyl (C=O) groups excluding carboxylic acids is 2. The lowest BCUT2D eigenvalue weighted by Gasteiger charge is -2.32. The minimum atomic E-state index is -0.807. The number of benzene rings is 2. The Morgan fingerprint density at radius 3 is 2.35 bits per heavy atom. The number of unbranched alkanes of at least 4 members (excludes halogenated alkanes) is 8. The van der Waals surface area contributed by atoms with E-state index in [9.17, 15) is 19.8 Å². The third-order valence-corrected chi connectivity index (χ3v) is 14.8. The van der Waals surface area contributed by atoms with Crippen molar-refractivity contribution < 1.29 is 29.1 Å². The van der Waals surface area contributed by atoms with Gasteiger partial charge in [-0.1, -0.05) is 95.2 Å². The highest BCUT2D eigenvalue weighted by atomic mass is 32.1. The van der Waals surface area contributed by atoms with Crippen LogP contribution in [-0.2, 0) is 9.59 Å². The number of hydrogen-bond donors (Lipinski definition) is 4. The van der Waals surface area contributed by atoms with Crippen LogP contribution in [0.5, 0.6) is 11.6 Å². The van der Waals surface area contributed by atoms with E-state index in [2.05, 4.69) is 35.7 Å². The average molecular weight is 961 g/mol. The molecule has 6 aromatic rings. The van der Waals surface area contributed by atoms with Crippen molar-refractivity contribution in [3.8, 4) is 33.3 Å². The molecule has 0 aliphatic carbocycles. The monoisotopic (exact) mass is 961 g/mol. The number of β-amino-alcohol motifs (C(OH)–C–C–N with tert-alkyl or cyclic N) is 1. The van der Waals surface area contributed by atoms with E-state index in [-0.39, 0.29) is 48.5 Å². The van der Waals surface area contributed by atoms with Crippen molar-refractivity contribution in [2.24, 2.45) is 5.92 Å². The fourth-order valence-corrected chi connectivity index (χ4v) is 10.7. The molecule has 0 saturated carbocycles. The van der Waals surface area contributed by atoms with Gasteiger partial charge in [0.15, 0.2) is 17.1 Å². The third-order valence-electron chi connectivity index (χ3n) is 13.8. The molecule has 8 rings (SSSR count). The average Bonchev–Trinajstić information content (AvgIpc) is 4.16. The molecular formula is C52H68N10O6S. The van der Waals surface area contributed by atoms with Crippen LogP contribution < -0.4 is 15.8 Å². The number of aryl methyl sites for hydroxylation is 1. The van der Waals surface area contributed by atoms with E-state index in [0.717, 1.165) is 79.0 Å². The first-order valence-corrected chi connectivity index (χ1v) is 25.7. The summed E-state index contributed by atoms with van der Waals surface area (Å²) in [6, 6.07) is 18.0. The van der Waals surface area contributed by atoms with Gasteiger partial charge in [-0.05, 0) is 86.5 Å². The topological polar surface area (TPSA) is 211 Å². The van der Waals surface area contributed by atoms with Gasteiger partial charge in [-0.25, -0.2) is 4.98 Å². The van der Waals surface area contributed by atoms with Crippen molar-refractivity contribution in [1.82, 2.24) is 45.2 Å². The normalized spacial score (nSPS) is 17.7. The van der Waals surface area contributed by atoms with Crippen LogP contribution in [0.25, 0.3) is 32.7 Å². The number of aromatic hydroxyl groups is 1. The van der Waals surface area contributed by atoms with Crippen LogP contribution in [0.3, 0.4) is 0 Å². The Morgan fingerprint density at radius 2 is 1.65 bits per heavy atom. The van der Waals surface area contributed by atoms with Crippen molar-refractivity contribution in [3.63, 3.8) is 0 Å². The second kappa shape index (κ2) is 23.1. The second-order valence-corrected chi connectivity index (χ2v) is 20.1.